The second kappa shape index (κ2) is 6.75. The number of aryl methyl sites for hydroxylation is 2. The highest BCUT2D eigenvalue weighted by atomic mass is 35.5. The average molecular weight is 294 g/mol. The van der Waals surface area contributed by atoms with Gasteiger partial charge in [0.25, 0.3) is 0 Å². The molecule has 5 heteroatoms. The van der Waals surface area contributed by atoms with E-state index < -0.39 is 0 Å². The first-order chi connectivity index (χ1) is 9.60. The van der Waals surface area contributed by atoms with E-state index in [4.69, 9.17) is 16.3 Å². The second-order valence-corrected chi connectivity index (χ2v) is 5.43. The van der Waals surface area contributed by atoms with Crippen LogP contribution < -0.4 is 4.74 Å². The number of hydrogen-bond acceptors (Lipinski definition) is 3. The molecule has 0 N–H and O–H groups in total. The molecule has 1 atom stereocenters. The molecule has 0 fully saturated rings. The Morgan fingerprint density at radius 3 is 2.90 bits per heavy atom. The first-order valence-corrected chi connectivity index (χ1v) is 7.28. The zero-order chi connectivity index (χ0) is 14.5. The number of benzene rings is 1. The monoisotopic (exact) mass is 293 g/mol. The lowest BCUT2D eigenvalue weighted by atomic mass is 10.1. The summed E-state index contributed by atoms with van der Waals surface area (Å²) in [6, 6.07) is 6.20. The smallest absolute Gasteiger partial charge is 0.122 e. The van der Waals surface area contributed by atoms with Crippen LogP contribution in [-0.4, -0.2) is 21.6 Å². The van der Waals surface area contributed by atoms with Gasteiger partial charge in [0.1, 0.15) is 18.1 Å². The van der Waals surface area contributed by atoms with Gasteiger partial charge < -0.3 is 4.74 Å². The Balaban J connectivity index is 1.89. The van der Waals surface area contributed by atoms with Crippen molar-refractivity contribution in [1.82, 2.24) is 15.0 Å². The normalized spacial score (nSPS) is 12.4. The molecule has 108 valence electrons. The number of nitrogens with zero attached hydrogens (tertiary/aromatic N) is 3. The third-order valence-electron chi connectivity index (χ3n) is 3.16. The van der Waals surface area contributed by atoms with E-state index in [2.05, 4.69) is 29.4 Å². The summed E-state index contributed by atoms with van der Waals surface area (Å²) in [7, 11) is 0. The van der Waals surface area contributed by atoms with Crippen LogP contribution in [0.1, 0.15) is 35.5 Å². The molecule has 2 aromatic rings. The molecule has 0 amide bonds. The van der Waals surface area contributed by atoms with Gasteiger partial charge in [-0.2, -0.15) is 0 Å². The Hall–Kier alpha value is -1.55. The molecule has 0 aliphatic carbocycles. The number of halogens is 1. The Bertz CT molecular complexity index is 568. The highest BCUT2D eigenvalue weighted by Crippen LogP contribution is 2.21. The van der Waals surface area contributed by atoms with Crippen molar-refractivity contribution in [1.29, 1.82) is 0 Å². The molecular formula is C15H20ClN3O. The number of ether oxygens (including phenoxy) is 1. The summed E-state index contributed by atoms with van der Waals surface area (Å²) in [6.07, 6.45) is 2.73. The number of hydrogen-bond donors (Lipinski definition) is 0. The van der Waals surface area contributed by atoms with Crippen molar-refractivity contribution >= 4 is 11.6 Å². The van der Waals surface area contributed by atoms with E-state index in [1.807, 2.05) is 26.1 Å². The fourth-order valence-electron chi connectivity index (χ4n) is 1.89. The lowest BCUT2D eigenvalue weighted by Gasteiger charge is -2.09. The van der Waals surface area contributed by atoms with E-state index in [-0.39, 0.29) is 5.38 Å². The topological polar surface area (TPSA) is 39.9 Å². The van der Waals surface area contributed by atoms with Gasteiger partial charge in [-0.05, 0) is 37.5 Å². The predicted octanol–water partition coefficient (Wildman–Crippen LogP) is 3.66. The van der Waals surface area contributed by atoms with E-state index in [1.54, 1.807) is 4.68 Å². The molecule has 1 aromatic heterocycles. The SMILES string of the molecule is CCC(Cl)c1cn(CCOc2cc(C)ccc2C)nn1. The highest BCUT2D eigenvalue weighted by Gasteiger charge is 2.09. The van der Waals surface area contributed by atoms with Gasteiger partial charge in [-0.15, -0.1) is 16.7 Å². The largest absolute Gasteiger partial charge is 0.491 e. The van der Waals surface area contributed by atoms with Crippen molar-refractivity contribution in [3.05, 3.63) is 41.2 Å². The maximum Gasteiger partial charge on any atom is 0.122 e. The molecule has 0 aliphatic heterocycles. The summed E-state index contributed by atoms with van der Waals surface area (Å²) in [4.78, 5) is 0. The van der Waals surface area contributed by atoms with Gasteiger partial charge in [0, 0.05) is 0 Å². The van der Waals surface area contributed by atoms with Crippen LogP contribution in [0.5, 0.6) is 5.75 Å². The second-order valence-electron chi connectivity index (χ2n) is 4.90. The average Bonchev–Trinajstić information content (AvgIpc) is 2.90. The van der Waals surface area contributed by atoms with Crippen LogP contribution in [0.2, 0.25) is 0 Å². The van der Waals surface area contributed by atoms with Crippen LogP contribution in [-0.2, 0) is 6.54 Å². The summed E-state index contributed by atoms with van der Waals surface area (Å²) in [5, 5.41) is 8.06. The van der Waals surface area contributed by atoms with Gasteiger partial charge in [-0.1, -0.05) is 24.3 Å². The lowest BCUT2D eigenvalue weighted by molar-refractivity contribution is 0.288. The minimum atomic E-state index is -0.0660. The molecule has 0 saturated carbocycles. The van der Waals surface area contributed by atoms with Gasteiger partial charge in [-0.3, -0.25) is 0 Å². The maximum atomic E-state index is 6.13. The molecular weight excluding hydrogens is 274 g/mol. The molecule has 0 bridgehead atoms. The Labute approximate surface area is 124 Å². The standard InChI is InChI=1S/C15H20ClN3O/c1-4-13(16)14-10-19(18-17-14)7-8-20-15-9-11(2)5-6-12(15)3/h5-6,9-10,13H,4,7-8H2,1-3H3. The van der Waals surface area contributed by atoms with E-state index in [0.717, 1.165) is 23.4 Å². The zero-order valence-corrected chi connectivity index (χ0v) is 12.9. The van der Waals surface area contributed by atoms with Gasteiger partial charge in [0.15, 0.2) is 0 Å². The van der Waals surface area contributed by atoms with Crippen molar-refractivity contribution in [2.45, 2.75) is 39.1 Å². The minimum Gasteiger partial charge on any atom is -0.491 e. The lowest BCUT2D eigenvalue weighted by Crippen LogP contribution is -2.09. The molecule has 2 rings (SSSR count). The van der Waals surface area contributed by atoms with Gasteiger partial charge in [0.2, 0.25) is 0 Å². The van der Waals surface area contributed by atoms with E-state index in [0.29, 0.717) is 13.2 Å². The van der Waals surface area contributed by atoms with E-state index in [1.165, 1.54) is 5.56 Å². The van der Waals surface area contributed by atoms with Crippen LogP contribution >= 0.6 is 11.6 Å². The molecule has 1 unspecified atom stereocenters. The molecule has 0 radical (unpaired) electrons. The van der Waals surface area contributed by atoms with Crippen molar-refractivity contribution in [2.75, 3.05) is 6.61 Å². The van der Waals surface area contributed by atoms with Crippen LogP contribution in [0, 0.1) is 13.8 Å². The zero-order valence-electron chi connectivity index (χ0n) is 12.1. The van der Waals surface area contributed by atoms with Gasteiger partial charge >= 0.3 is 0 Å². The first-order valence-electron chi connectivity index (χ1n) is 6.84. The summed E-state index contributed by atoms with van der Waals surface area (Å²) >= 11 is 6.13. The Morgan fingerprint density at radius 1 is 1.35 bits per heavy atom. The van der Waals surface area contributed by atoms with Crippen LogP contribution in [0.25, 0.3) is 0 Å². The van der Waals surface area contributed by atoms with Crippen LogP contribution in [0.4, 0.5) is 0 Å². The third kappa shape index (κ3) is 3.73. The van der Waals surface area contributed by atoms with E-state index >= 15 is 0 Å². The van der Waals surface area contributed by atoms with E-state index in [9.17, 15) is 0 Å². The highest BCUT2D eigenvalue weighted by molar-refractivity contribution is 6.20. The van der Waals surface area contributed by atoms with Crippen molar-refractivity contribution in [3.8, 4) is 5.75 Å². The number of alkyl halides is 1. The summed E-state index contributed by atoms with van der Waals surface area (Å²) in [5.41, 5.74) is 3.16. The maximum absolute atomic E-state index is 6.13. The molecule has 0 saturated heterocycles. The van der Waals surface area contributed by atoms with Crippen molar-refractivity contribution in [3.63, 3.8) is 0 Å². The summed E-state index contributed by atoms with van der Waals surface area (Å²) < 4.78 is 7.57. The quantitative estimate of drug-likeness (QED) is 0.763. The molecule has 4 nitrogen and oxygen atoms in total. The molecule has 1 heterocycles. The van der Waals surface area contributed by atoms with Gasteiger partial charge in [-0.25, -0.2) is 4.68 Å². The minimum absolute atomic E-state index is 0.0660. The third-order valence-corrected chi connectivity index (χ3v) is 3.69. The Kier molecular flexibility index (Phi) is 5.01. The van der Waals surface area contributed by atoms with Crippen LogP contribution in [0.15, 0.2) is 24.4 Å². The molecule has 0 aliphatic rings. The molecule has 1 aromatic carbocycles. The number of aromatic nitrogens is 3. The van der Waals surface area contributed by atoms with Crippen molar-refractivity contribution < 1.29 is 4.74 Å². The Morgan fingerprint density at radius 2 is 2.15 bits per heavy atom. The fourth-order valence-corrected chi connectivity index (χ4v) is 1.99. The summed E-state index contributed by atoms with van der Waals surface area (Å²) in [6.45, 7) is 7.35. The number of rotatable bonds is 6. The first kappa shape index (κ1) is 14.9. The summed E-state index contributed by atoms with van der Waals surface area (Å²) in [5.74, 6) is 0.925. The molecule has 0 spiro atoms. The van der Waals surface area contributed by atoms with Crippen molar-refractivity contribution in [2.24, 2.45) is 0 Å². The van der Waals surface area contributed by atoms with Gasteiger partial charge in [0.05, 0.1) is 18.1 Å². The fraction of sp³-hybridized carbons (Fsp3) is 0.467. The van der Waals surface area contributed by atoms with Crippen LogP contribution in [0.3, 0.4) is 0 Å². The molecule has 20 heavy (non-hydrogen) atoms. The predicted molar refractivity (Wildman–Crippen MR) is 80.3 cm³/mol.